The molecule has 0 radical (unpaired) electrons. The van der Waals surface area contributed by atoms with Crippen LogP contribution in [0.25, 0.3) is 22.2 Å². The zero-order chi connectivity index (χ0) is 28.8. The summed E-state index contributed by atoms with van der Waals surface area (Å²) in [6.07, 6.45) is 20.4. The van der Waals surface area contributed by atoms with E-state index >= 15 is 0 Å². The molecule has 0 N–H and O–H groups in total. The quantitative estimate of drug-likeness (QED) is 0.224. The summed E-state index contributed by atoms with van der Waals surface area (Å²) in [5.74, 6) is 1.40. The summed E-state index contributed by atoms with van der Waals surface area (Å²) in [4.78, 5) is 9.27. The average Bonchev–Trinajstić information content (AvgIpc) is 3.63. The highest BCUT2D eigenvalue weighted by Gasteiger charge is 2.41. The molecule has 0 spiro atoms. The number of thioether (sulfide) groups is 1. The molecule has 3 aliphatic carbocycles. The number of aliphatic imine (C=N–C) groups is 1. The maximum Gasteiger partial charge on any atom is 0.0387 e. The van der Waals surface area contributed by atoms with Gasteiger partial charge in [-0.1, -0.05) is 134 Å². The van der Waals surface area contributed by atoms with E-state index in [0.717, 1.165) is 11.7 Å². The van der Waals surface area contributed by atoms with Crippen molar-refractivity contribution in [3.05, 3.63) is 178 Å². The molecule has 6 aliphatic rings. The van der Waals surface area contributed by atoms with Crippen molar-refractivity contribution in [2.24, 2.45) is 4.99 Å². The first-order chi connectivity index (χ1) is 21.8. The second kappa shape index (κ2) is 9.35. The Morgan fingerprint density at radius 1 is 0.750 bits per heavy atom. The van der Waals surface area contributed by atoms with Crippen LogP contribution in [0.3, 0.4) is 0 Å². The van der Waals surface area contributed by atoms with Crippen molar-refractivity contribution in [1.82, 2.24) is 0 Å². The van der Waals surface area contributed by atoms with Gasteiger partial charge in [-0.3, -0.25) is 0 Å². The molecule has 5 atom stereocenters. The molecule has 4 aromatic rings. The molecule has 0 fully saturated rings. The number of guanidine groups is 1. The second-order valence-corrected chi connectivity index (χ2v) is 13.4. The maximum absolute atomic E-state index is 5.47. The summed E-state index contributed by atoms with van der Waals surface area (Å²) in [6.45, 7) is 0. The lowest BCUT2D eigenvalue weighted by Gasteiger charge is -2.43. The molecular weight excluding hydrogens is 555 g/mol. The van der Waals surface area contributed by atoms with Crippen molar-refractivity contribution in [1.29, 1.82) is 0 Å². The second-order valence-electron chi connectivity index (χ2n) is 12.2. The number of hydrogen-bond acceptors (Lipinski definition) is 3. The highest BCUT2D eigenvalue weighted by molar-refractivity contribution is 8.00. The third-order valence-electron chi connectivity index (χ3n) is 9.91. The smallest absolute Gasteiger partial charge is 0.0387 e. The molecular formula is C40H28N3S-. The molecule has 3 nitrogen and oxygen atoms in total. The van der Waals surface area contributed by atoms with Gasteiger partial charge < -0.3 is 15.2 Å². The van der Waals surface area contributed by atoms with E-state index in [2.05, 4.69) is 145 Å². The average molecular weight is 583 g/mol. The lowest BCUT2D eigenvalue weighted by molar-refractivity contribution is 0.734. The molecule has 10 rings (SSSR count). The summed E-state index contributed by atoms with van der Waals surface area (Å²) in [5.41, 5.74) is 10.1. The van der Waals surface area contributed by atoms with Gasteiger partial charge in [-0.15, -0.1) is 11.8 Å². The van der Waals surface area contributed by atoms with E-state index in [9.17, 15) is 0 Å². The lowest BCUT2D eigenvalue weighted by Crippen LogP contribution is -2.41. The summed E-state index contributed by atoms with van der Waals surface area (Å²) < 4.78 is 0. The van der Waals surface area contributed by atoms with Gasteiger partial charge in [0.1, 0.15) is 0 Å². The fourth-order valence-electron chi connectivity index (χ4n) is 7.96. The van der Waals surface area contributed by atoms with Gasteiger partial charge in [0, 0.05) is 45.7 Å². The molecule has 5 unspecified atom stereocenters. The zero-order valence-electron chi connectivity index (χ0n) is 23.9. The Hall–Kier alpha value is -4.80. The van der Waals surface area contributed by atoms with E-state index in [1.165, 1.54) is 54.8 Å². The minimum atomic E-state index is -0.0641. The van der Waals surface area contributed by atoms with Gasteiger partial charge >= 0.3 is 0 Å². The fourth-order valence-corrected chi connectivity index (χ4v) is 9.35. The van der Waals surface area contributed by atoms with Crippen molar-refractivity contribution in [2.75, 3.05) is 4.90 Å². The molecule has 3 heterocycles. The molecule has 0 bridgehead atoms. The van der Waals surface area contributed by atoms with E-state index in [4.69, 9.17) is 10.3 Å². The number of rotatable bonds is 1. The Bertz CT molecular complexity index is 2130. The van der Waals surface area contributed by atoms with Crippen LogP contribution in [0.5, 0.6) is 0 Å². The van der Waals surface area contributed by atoms with Crippen LogP contribution in [0.1, 0.15) is 34.1 Å². The van der Waals surface area contributed by atoms with Crippen LogP contribution in [0.4, 0.5) is 5.69 Å². The van der Waals surface area contributed by atoms with Crippen LogP contribution >= 0.6 is 11.8 Å². The van der Waals surface area contributed by atoms with E-state index in [1.807, 2.05) is 11.8 Å². The standard InChI is InChI=1S/C40H28N3S/c1-3-11-27-24(9-1)18-21-33-37(27)38-28-12-4-2-10-25(28)19-22-34(38)43(33)40-41-32-15-7-5-14-31(32)39(42-40)26-17-20-30-29-13-6-8-16-35(29)44-36(30)23-26/h1-23,30,32-33,36-37H/q-1. The minimum Gasteiger partial charge on any atom is -0.390 e. The molecule has 0 saturated carbocycles. The van der Waals surface area contributed by atoms with Gasteiger partial charge in [0.2, 0.25) is 0 Å². The Labute approximate surface area is 261 Å². The third-order valence-corrected chi connectivity index (χ3v) is 11.2. The van der Waals surface area contributed by atoms with Crippen LogP contribution in [-0.4, -0.2) is 23.3 Å². The first-order valence-corrected chi connectivity index (χ1v) is 16.3. The van der Waals surface area contributed by atoms with E-state index < -0.39 is 0 Å². The topological polar surface area (TPSA) is 29.7 Å². The fraction of sp³-hybridized carbons (Fsp3) is 0.125. The van der Waals surface area contributed by atoms with Crippen molar-refractivity contribution >= 4 is 40.3 Å². The van der Waals surface area contributed by atoms with Crippen molar-refractivity contribution in [3.63, 3.8) is 0 Å². The molecule has 44 heavy (non-hydrogen) atoms. The largest absolute Gasteiger partial charge is 0.390 e. The number of hydrogen-bond donors (Lipinski definition) is 0. The van der Waals surface area contributed by atoms with Crippen LogP contribution in [-0.2, 0) is 0 Å². The molecule has 0 saturated heterocycles. The predicted molar refractivity (Wildman–Crippen MR) is 183 cm³/mol. The first kappa shape index (κ1) is 24.6. The predicted octanol–water partition coefficient (Wildman–Crippen LogP) is 9.43. The SMILES string of the molecule is C1=CC2=C(C3=CC4Sc5ccccc5C4C=C3)N=C(N3c4ccc5ccccc5c4C4c5ccccc5C=CC43)[N-]C2C=C1. The first-order valence-electron chi connectivity index (χ1n) is 15.4. The van der Waals surface area contributed by atoms with Crippen molar-refractivity contribution in [2.45, 2.75) is 34.1 Å². The Kier molecular flexibility index (Phi) is 5.23. The van der Waals surface area contributed by atoms with Gasteiger partial charge in [0.15, 0.2) is 0 Å². The van der Waals surface area contributed by atoms with E-state index in [0.29, 0.717) is 11.2 Å². The molecule has 3 aliphatic heterocycles. The van der Waals surface area contributed by atoms with Crippen LogP contribution in [0, 0.1) is 0 Å². The van der Waals surface area contributed by atoms with Gasteiger partial charge in [-0.25, -0.2) is 0 Å². The molecule has 4 heteroatoms. The van der Waals surface area contributed by atoms with Crippen LogP contribution in [0.15, 0.2) is 160 Å². The van der Waals surface area contributed by atoms with Gasteiger partial charge in [-0.05, 0) is 55.9 Å². The highest BCUT2D eigenvalue weighted by Crippen LogP contribution is 2.53. The zero-order valence-corrected chi connectivity index (χ0v) is 24.7. The monoisotopic (exact) mass is 582 g/mol. The lowest BCUT2D eigenvalue weighted by atomic mass is 9.80. The van der Waals surface area contributed by atoms with Crippen LogP contribution < -0.4 is 4.90 Å². The molecule has 0 aromatic heterocycles. The Morgan fingerprint density at radius 3 is 2.59 bits per heavy atom. The summed E-state index contributed by atoms with van der Waals surface area (Å²) in [6, 6.07) is 31.0. The van der Waals surface area contributed by atoms with E-state index in [-0.39, 0.29) is 18.0 Å². The normalized spacial score (nSPS) is 26.7. The number of fused-ring (bicyclic) bond motifs is 11. The van der Waals surface area contributed by atoms with Crippen LogP contribution in [0.2, 0.25) is 0 Å². The van der Waals surface area contributed by atoms with Gasteiger partial charge in [-0.2, -0.15) is 0 Å². The maximum atomic E-state index is 5.47. The summed E-state index contributed by atoms with van der Waals surface area (Å²) in [5, 5.41) is 8.30. The van der Waals surface area contributed by atoms with Crippen molar-refractivity contribution in [3.8, 4) is 0 Å². The number of allylic oxidation sites excluding steroid dienone is 4. The molecule has 4 aromatic carbocycles. The number of nitrogens with zero attached hydrogens (tertiary/aromatic N) is 3. The minimum absolute atomic E-state index is 0.0641. The third kappa shape index (κ3) is 3.49. The molecule has 0 amide bonds. The van der Waals surface area contributed by atoms with Crippen molar-refractivity contribution < 1.29 is 0 Å². The van der Waals surface area contributed by atoms with Gasteiger partial charge in [0.05, 0.1) is 0 Å². The summed E-state index contributed by atoms with van der Waals surface area (Å²) in [7, 11) is 0. The highest BCUT2D eigenvalue weighted by atomic mass is 32.2. The Balaban J connectivity index is 1.13. The number of benzene rings is 4. The van der Waals surface area contributed by atoms with Gasteiger partial charge in [0.25, 0.3) is 0 Å². The summed E-state index contributed by atoms with van der Waals surface area (Å²) >= 11 is 1.97. The Morgan fingerprint density at radius 2 is 1.61 bits per heavy atom. The number of anilines is 1. The van der Waals surface area contributed by atoms with E-state index in [1.54, 1.807) is 0 Å². The molecule has 210 valence electrons.